The van der Waals surface area contributed by atoms with Crippen LogP contribution in [0.2, 0.25) is 0 Å². The van der Waals surface area contributed by atoms with Gasteiger partial charge in [0.05, 0.1) is 26.5 Å². The molecule has 1 aliphatic heterocycles. The van der Waals surface area contributed by atoms with Crippen LogP contribution in [0.5, 0.6) is 11.6 Å². The van der Waals surface area contributed by atoms with E-state index in [2.05, 4.69) is 19.6 Å². The number of benzene rings is 1. The Kier molecular flexibility index (Phi) is 7.72. The van der Waals surface area contributed by atoms with Crippen LogP contribution in [0.3, 0.4) is 0 Å². The SMILES string of the molecule is COc1ncc(-c2ccc3ncc(OCCN4CCOCC4)c(=O)n3c2)cc1NS(=O)(=O)c1ccccc1F. The lowest BCUT2D eigenvalue weighted by atomic mass is 10.1. The molecule has 1 aromatic carbocycles. The topological polar surface area (TPSA) is 124 Å². The molecule has 11 nitrogen and oxygen atoms in total. The van der Waals surface area contributed by atoms with E-state index in [4.69, 9.17) is 14.2 Å². The highest BCUT2D eigenvalue weighted by atomic mass is 32.2. The molecular weight excluding hydrogens is 529 g/mol. The van der Waals surface area contributed by atoms with Gasteiger partial charge in [-0.3, -0.25) is 18.8 Å². The lowest BCUT2D eigenvalue weighted by Gasteiger charge is -2.26. The maximum atomic E-state index is 14.2. The van der Waals surface area contributed by atoms with Crippen LogP contribution in [0.15, 0.2) is 70.7 Å². The number of pyridine rings is 2. The number of anilines is 1. The molecule has 13 heteroatoms. The summed E-state index contributed by atoms with van der Waals surface area (Å²) in [4.78, 5) is 23.3. The van der Waals surface area contributed by atoms with E-state index in [0.717, 1.165) is 25.2 Å². The molecule has 0 amide bonds. The quantitative estimate of drug-likeness (QED) is 0.332. The summed E-state index contributed by atoms with van der Waals surface area (Å²) in [6.45, 7) is 3.97. The molecule has 1 N–H and O–H groups in total. The summed E-state index contributed by atoms with van der Waals surface area (Å²) in [6.07, 6.45) is 4.45. The number of nitrogens with zero attached hydrogens (tertiary/aromatic N) is 4. The van der Waals surface area contributed by atoms with E-state index in [1.807, 2.05) is 0 Å². The molecule has 0 atom stereocenters. The molecule has 4 heterocycles. The maximum Gasteiger partial charge on any atom is 0.300 e. The van der Waals surface area contributed by atoms with E-state index in [9.17, 15) is 17.6 Å². The molecule has 0 saturated carbocycles. The van der Waals surface area contributed by atoms with Crippen molar-refractivity contribution in [2.75, 3.05) is 51.3 Å². The standard InChI is InChI=1S/C26H26FN5O6S/c1-36-25-21(30-39(34,35)23-5-3-2-4-20(23)27)14-19(15-29-25)18-6-7-24-28-16-22(26(33)32(24)17-18)38-13-10-31-8-11-37-12-9-31/h2-7,14-17,30H,8-13H2,1H3. The molecule has 0 aliphatic carbocycles. The number of ether oxygens (including phenoxy) is 3. The number of aromatic nitrogens is 3. The number of halogens is 1. The van der Waals surface area contributed by atoms with Crippen molar-refractivity contribution in [3.63, 3.8) is 0 Å². The fraction of sp³-hybridized carbons (Fsp3) is 0.269. The number of rotatable bonds is 9. The summed E-state index contributed by atoms with van der Waals surface area (Å²) in [6, 6.07) is 9.90. The Balaban J connectivity index is 1.42. The number of sulfonamides is 1. The number of methoxy groups -OCH3 is 1. The van der Waals surface area contributed by atoms with Crippen LogP contribution < -0.4 is 19.8 Å². The van der Waals surface area contributed by atoms with E-state index in [-0.39, 0.29) is 22.9 Å². The van der Waals surface area contributed by atoms with Crippen LogP contribution >= 0.6 is 0 Å². The van der Waals surface area contributed by atoms with Crippen LogP contribution in [0.4, 0.5) is 10.1 Å². The third kappa shape index (κ3) is 5.85. The number of fused-ring (bicyclic) bond motifs is 1. The van der Waals surface area contributed by atoms with Crippen LogP contribution in [0, 0.1) is 5.82 Å². The smallest absolute Gasteiger partial charge is 0.300 e. The van der Waals surface area contributed by atoms with Gasteiger partial charge < -0.3 is 14.2 Å². The normalized spacial score (nSPS) is 14.3. The minimum atomic E-state index is -4.28. The molecular formula is C26H26FN5O6S. The molecule has 39 heavy (non-hydrogen) atoms. The van der Waals surface area contributed by atoms with Crippen LogP contribution in [-0.2, 0) is 14.8 Å². The minimum absolute atomic E-state index is 0.00372. The fourth-order valence-corrected chi connectivity index (χ4v) is 5.28. The number of nitrogens with one attached hydrogen (secondary N) is 1. The first-order chi connectivity index (χ1) is 18.9. The van der Waals surface area contributed by atoms with Gasteiger partial charge in [0.25, 0.3) is 15.6 Å². The highest BCUT2D eigenvalue weighted by Gasteiger charge is 2.21. The van der Waals surface area contributed by atoms with Crippen molar-refractivity contribution in [1.29, 1.82) is 0 Å². The van der Waals surface area contributed by atoms with Crippen LogP contribution in [-0.4, -0.2) is 74.3 Å². The lowest BCUT2D eigenvalue weighted by molar-refractivity contribution is 0.0321. The van der Waals surface area contributed by atoms with Crippen LogP contribution in [0.25, 0.3) is 16.8 Å². The lowest BCUT2D eigenvalue weighted by Crippen LogP contribution is -2.38. The molecule has 0 spiro atoms. The van der Waals surface area contributed by atoms with E-state index in [1.54, 1.807) is 18.3 Å². The fourth-order valence-electron chi connectivity index (χ4n) is 4.15. The van der Waals surface area contributed by atoms with Crippen LogP contribution in [0.1, 0.15) is 0 Å². The van der Waals surface area contributed by atoms with Crippen molar-refractivity contribution >= 4 is 21.4 Å². The largest absolute Gasteiger partial charge is 0.485 e. The molecule has 0 bridgehead atoms. The Morgan fingerprint density at radius 3 is 2.64 bits per heavy atom. The third-order valence-corrected chi connectivity index (χ3v) is 7.59. The Hall–Kier alpha value is -4.07. The van der Waals surface area contributed by atoms with Crippen molar-refractivity contribution in [2.24, 2.45) is 0 Å². The van der Waals surface area contributed by atoms with E-state index < -0.39 is 20.7 Å². The summed E-state index contributed by atoms with van der Waals surface area (Å²) in [5.74, 6) is -0.782. The molecule has 4 aromatic rings. The Bertz CT molecular complexity index is 1660. The van der Waals surface area contributed by atoms with Gasteiger partial charge in [0.2, 0.25) is 11.6 Å². The number of hydrogen-bond donors (Lipinski definition) is 1. The average molecular weight is 556 g/mol. The zero-order chi connectivity index (χ0) is 27.4. The summed E-state index contributed by atoms with van der Waals surface area (Å²) >= 11 is 0. The molecule has 204 valence electrons. The Morgan fingerprint density at radius 1 is 1.08 bits per heavy atom. The second-order valence-electron chi connectivity index (χ2n) is 8.69. The molecule has 1 saturated heterocycles. The summed E-state index contributed by atoms with van der Waals surface area (Å²) < 4.78 is 59.9. The van der Waals surface area contributed by atoms with Gasteiger partial charge >= 0.3 is 0 Å². The molecule has 1 fully saturated rings. The Labute approximate surface area is 223 Å². The van der Waals surface area contributed by atoms with E-state index >= 15 is 0 Å². The highest BCUT2D eigenvalue weighted by Crippen LogP contribution is 2.30. The first-order valence-corrected chi connectivity index (χ1v) is 13.6. The number of hydrogen-bond acceptors (Lipinski definition) is 9. The number of morpholine rings is 1. The minimum Gasteiger partial charge on any atom is -0.485 e. The molecule has 0 radical (unpaired) electrons. The molecule has 0 unspecified atom stereocenters. The predicted molar refractivity (Wildman–Crippen MR) is 141 cm³/mol. The van der Waals surface area contributed by atoms with Gasteiger partial charge in [-0.2, -0.15) is 0 Å². The summed E-state index contributed by atoms with van der Waals surface area (Å²) in [7, 11) is -2.94. The van der Waals surface area contributed by atoms with Gasteiger partial charge in [0.1, 0.15) is 28.7 Å². The molecule has 1 aliphatic rings. The van der Waals surface area contributed by atoms with Crippen molar-refractivity contribution in [1.82, 2.24) is 19.3 Å². The van der Waals surface area contributed by atoms with Crippen molar-refractivity contribution in [2.45, 2.75) is 4.90 Å². The monoisotopic (exact) mass is 555 g/mol. The summed E-state index contributed by atoms with van der Waals surface area (Å²) in [5.41, 5.74) is 1.06. The van der Waals surface area contributed by atoms with E-state index in [0.29, 0.717) is 43.1 Å². The van der Waals surface area contributed by atoms with Gasteiger partial charge in [-0.1, -0.05) is 12.1 Å². The van der Waals surface area contributed by atoms with Gasteiger partial charge in [-0.05, 0) is 30.3 Å². The van der Waals surface area contributed by atoms with Gasteiger partial charge in [-0.25, -0.2) is 22.8 Å². The van der Waals surface area contributed by atoms with Crippen molar-refractivity contribution < 1.29 is 27.0 Å². The van der Waals surface area contributed by atoms with Crippen molar-refractivity contribution in [3.05, 3.63) is 77.2 Å². The average Bonchev–Trinajstić information content (AvgIpc) is 2.94. The zero-order valence-corrected chi connectivity index (χ0v) is 21.9. The third-order valence-electron chi connectivity index (χ3n) is 6.19. The van der Waals surface area contributed by atoms with Gasteiger partial charge in [0.15, 0.2) is 0 Å². The van der Waals surface area contributed by atoms with Crippen molar-refractivity contribution in [3.8, 4) is 22.8 Å². The second kappa shape index (κ2) is 11.4. The maximum absolute atomic E-state index is 14.2. The first kappa shape index (κ1) is 26.5. The highest BCUT2D eigenvalue weighted by molar-refractivity contribution is 7.92. The second-order valence-corrected chi connectivity index (χ2v) is 10.3. The summed E-state index contributed by atoms with van der Waals surface area (Å²) in [5, 5.41) is 0. The predicted octanol–water partition coefficient (Wildman–Crippen LogP) is 2.42. The Morgan fingerprint density at radius 2 is 1.87 bits per heavy atom. The van der Waals surface area contributed by atoms with E-state index in [1.165, 1.54) is 42.1 Å². The zero-order valence-electron chi connectivity index (χ0n) is 21.0. The van der Waals surface area contributed by atoms with Gasteiger partial charge in [0, 0.05) is 43.2 Å². The molecule has 3 aromatic heterocycles. The van der Waals surface area contributed by atoms with Gasteiger partial charge in [-0.15, -0.1) is 0 Å². The first-order valence-electron chi connectivity index (χ1n) is 12.1. The molecule has 5 rings (SSSR count).